The van der Waals surface area contributed by atoms with Crippen LogP contribution in [0.15, 0.2) is 39.7 Å². The molecule has 0 aliphatic rings. The van der Waals surface area contributed by atoms with Crippen LogP contribution in [0.25, 0.3) is 0 Å². The maximum absolute atomic E-state index is 11.1. The van der Waals surface area contributed by atoms with Gasteiger partial charge in [-0.2, -0.15) is 0 Å². The van der Waals surface area contributed by atoms with Crippen molar-refractivity contribution in [2.75, 3.05) is 6.61 Å². The molecule has 0 aliphatic heterocycles. The van der Waals surface area contributed by atoms with E-state index >= 15 is 0 Å². The van der Waals surface area contributed by atoms with Crippen molar-refractivity contribution in [3.63, 3.8) is 0 Å². The van der Waals surface area contributed by atoms with E-state index in [1.54, 1.807) is 4.57 Å². The zero-order valence-electron chi connectivity index (χ0n) is 18.8. The number of ether oxygens (including phenoxy) is 1. The van der Waals surface area contributed by atoms with Crippen LogP contribution in [-0.2, 0) is 11.0 Å². The van der Waals surface area contributed by atoms with Crippen molar-refractivity contribution in [1.29, 1.82) is 0 Å². The van der Waals surface area contributed by atoms with Crippen LogP contribution < -0.4 is 4.74 Å². The first-order valence-corrected chi connectivity index (χ1v) is 14.1. The van der Waals surface area contributed by atoms with E-state index in [4.69, 9.17) is 9.16 Å². The number of aromatic nitrogens is 2. The summed E-state index contributed by atoms with van der Waals surface area (Å²) >= 11 is 6.76. The van der Waals surface area contributed by atoms with Crippen LogP contribution in [-0.4, -0.2) is 35.5 Å². The van der Waals surface area contributed by atoms with Crippen molar-refractivity contribution >= 4 is 46.0 Å². The molecule has 0 radical (unpaired) electrons. The zero-order valence-corrected chi connectivity index (χ0v) is 23.0. The molecule has 0 spiro atoms. The van der Waals surface area contributed by atoms with E-state index in [1.165, 1.54) is 6.20 Å². The number of imidazole rings is 1. The molecular weight excluding hydrogens is 546 g/mol. The minimum Gasteiger partial charge on any atom is -0.486 e. The zero-order chi connectivity index (χ0) is 23.3. The normalized spacial score (nSPS) is 13.3. The number of nitro groups is 1. The SMILES string of the molecule is CC(C)[Si](OC[C@H](Cn1cc([N+](=O)[O-])nc1Br)Oc1ccc(Br)cc1)(C(C)C)C(C)C. The van der Waals surface area contributed by atoms with Crippen molar-refractivity contribution in [3.8, 4) is 5.75 Å². The van der Waals surface area contributed by atoms with Gasteiger partial charge in [-0.25, -0.2) is 0 Å². The number of benzene rings is 1. The Morgan fingerprint density at radius 1 is 1.06 bits per heavy atom. The summed E-state index contributed by atoms with van der Waals surface area (Å²) in [6.07, 6.45) is 1.08. The van der Waals surface area contributed by atoms with Gasteiger partial charge >= 0.3 is 5.82 Å². The van der Waals surface area contributed by atoms with Crippen LogP contribution >= 0.6 is 31.9 Å². The Morgan fingerprint density at radius 3 is 2.06 bits per heavy atom. The van der Waals surface area contributed by atoms with Gasteiger partial charge in [-0.1, -0.05) is 57.5 Å². The molecule has 0 bridgehead atoms. The van der Waals surface area contributed by atoms with Gasteiger partial charge in [0.2, 0.25) is 8.32 Å². The molecule has 7 nitrogen and oxygen atoms in total. The molecule has 1 heterocycles. The summed E-state index contributed by atoms with van der Waals surface area (Å²) in [6, 6.07) is 7.61. The molecular formula is C21H31Br2N3O4Si. The van der Waals surface area contributed by atoms with Gasteiger partial charge in [-0.3, -0.25) is 4.57 Å². The summed E-state index contributed by atoms with van der Waals surface area (Å²) in [5.41, 5.74) is 1.34. The maximum atomic E-state index is 11.1. The van der Waals surface area contributed by atoms with Crippen LogP contribution in [0, 0.1) is 10.1 Å². The van der Waals surface area contributed by atoms with Crippen molar-refractivity contribution in [3.05, 3.63) is 49.8 Å². The average molecular weight is 577 g/mol. The lowest BCUT2D eigenvalue weighted by molar-refractivity contribution is -0.389. The molecule has 1 aromatic heterocycles. The number of halogens is 2. The third-order valence-electron chi connectivity index (χ3n) is 5.65. The highest BCUT2D eigenvalue weighted by Gasteiger charge is 2.45. The third-order valence-corrected chi connectivity index (χ3v) is 12.9. The second-order valence-electron chi connectivity index (χ2n) is 8.60. The Hall–Kier alpha value is -1.23. The van der Waals surface area contributed by atoms with Crippen molar-refractivity contribution < 1.29 is 14.1 Å². The van der Waals surface area contributed by atoms with Gasteiger partial charge in [-0.05, 0) is 50.8 Å². The van der Waals surface area contributed by atoms with Crippen molar-refractivity contribution in [2.24, 2.45) is 0 Å². The van der Waals surface area contributed by atoms with Crippen LogP contribution in [0.5, 0.6) is 5.75 Å². The van der Waals surface area contributed by atoms with Crippen molar-refractivity contribution in [2.45, 2.75) is 70.8 Å². The van der Waals surface area contributed by atoms with E-state index in [9.17, 15) is 10.1 Å². The van der Waals surface area contributed by atoms with Crippen LogP contribution in [0.3, 0.4) is 0 Å². The largest absolute Gasteiger partial charge is 0.486 e. The summed E-state index contributed by atoms with van der Waals surface area (Å²) in [6.45, 7) is 14.2. The van der Waals surface area contributed by atoms with E-state index < -0.39 is 13.2 Å². The Morgan fingerprint density at radius 2 is 1.61 bits per heavy atom. The fourth-order valence-corrected chi connectivity index (χ4v) is 10.6. The summed E-state index contributed by atoms with van der Waals surface area (Å²) in [7, 11) is -2.09. The van der Waals surface area contributed by atoms with Gasteiger partial charge in [0.25, 0.3) is 4.73 Å². The molecule has 0 fully saturated rings. The van der Waals surface area contributed by atoms with Crippen LogP contribution in [0.1, 0.15) is 41.5 Å². The van der Waals surface area contributed by atoms with Gasteiger partial charge < -0.3 is 19.3 Å². The number of hydrogen-bond acceptors (Lipinski definition) is 5. The monoisotopic (exact) mass is 575 g/mol. The number of hydrogen-bond donors (Lipinski definition) is 0. The fraction of sp³-hybridized carbons (Fsp3) is 0.571. The summed E-state index contributed by atoms with van der Waals surface area (Å²) in [5.74, 6) is 0.513. The summed E-state index contributed by atoms with van der Waals surface area (Å²) in [5, 5.41) is 11.1. The van der Waals surface area contributed by atoms with E-state index in [1.807, 2.05) is 24.3 Å². The summed E-state index contributed by atoms with van der Waals surface area (Å²) < 4.78 is 16.1. The predicted molar refractivity (Wildman–Crippen MR) is 132 cm³/mol. The van der Waals surface area contributed by atoms with E-state index in [2.05, 4.69) is 78.4 Å². The molecule has 31 heavy (non-hydrogen) atoms. The predicted octanol–water partition coefficient (Wildman–Crippen LogP) is 6.96. The lowest BCUT2D eigenvalue weighted by Crippen LogP contribution is -2.50. The lowest BCUT2D eigenvalue weighted by atomic mass is 10.3. The first-order valence-electron chi connectivity index (χ1n) is 10.4. The van der Waals surface area contributed by atoms with E-state index in [-0.39, 0.29) is 11.9 Å². The molecule has 1 atom stereocenters. The second-order valence-corrected chi connectivity index (χ2v) is 15.7. The minimum absolute atomic E-state index is 0.203. The highest BCUT2D eigenvalue weighted by molar-refractivity contribution is 9.10. The van der Waals surface area contributed by atoms with Crippen LogP contribution in [0.2, 0.25) is 16.6 Å². The minimum atomic E-state index is -2.09. The third kappa shape index (κ3) is 6.40. The molecule has 1 aromatic carbocycles. The highest BCUT2D eigenvalue weighted by Crippen LogP contribution is 2.42. The number of rotatable bonds is 11. The molecule has 10 heteroatoms. The first-order chi connectivity index (χ1) is 14.5. The van der Waals surface area contributed by atoms with Crippen LogP contribution in [0.4, 0.5) is 5.82 Å². The molecule has 0 saturated carbocycles. The highest BCUT2D eigenvalue weighted by atomic mass is 79.9. The van der Waals surface area contributed by atoms with Gasteiger partial charge in [0.15, 0.2) is 0 Å². The smallest absolute Gasteiger partial charge is 0.382 e. The van der Waals surface area contributed by atoms with E-state index in [0.29, 0.717) is 40.3 Å². The van der Waals surface area contributed by atoms with Gasteiger partial charge in [0.05, 0.1) is 13.2 Å². The molecule has 172 valence electrons. The Labute approximate surface area is 202 Å². The Balaban J connectivity index is 2.30. The average Bonchev–Trinajstić information content (AvgIpc) is 3.04. The molecule has 0 aliphatic carbocycles. The fourth-order valence-electron chi connectivity index (χ4n) is 4.38. The van der Waals surface area contributed by atoms with Gasteiger partial charge in [0, 0.05) is 20.4 Å². The van der Waals surface area contributed by atoms with E-state index in [0.717, 1.165) is 4.47 Å². The Kier molecular flexibility index (Phi) is 9.29. The quantitative estimate of drug-likeness (QED) is 0.164. The molecule has 0 saturated heterocycles. The maximum Gasteiger partial charge on any atom is 0.382 e. The molecule has 2 aromatic rings. The Bertz CT molecular complexity index is 850. The summed E-state index contributed by atoms with van der Waals surface area (Å²) in [4.78, 5) is 14.6. The molecule has 0 unspecified atom stereocenters. The lowest BCUT2D eigenvalue weighted by Gasteiger charge is -2.43. The second kappa shape index (κ2) is 11.1. The van der Waals surface area contributed by atoms with Crippen molar-refractivity contribution in [1.82, 2.24) is 9.55 Å². The topological polar surface area (TPSA) is 79.4 Å². The molecule has 0 N–H and O–H groups in total. The van der Waals surface area contributed by atoms with Gasteiger partial charge in [0.1, 0.15) is 18.1 Å². The number of nitrogens with zero attached hydrogens (tertiary/aromatic N) is 3. The molecule has 0 amide bonds. The van der Waals surface area contributed by atoms with Gasteiger partial charge in [-0.15, -0.1) is 0 Å². The standard InChI is InChI=1S/C21H31Br2N3O4Si/c1-14(2)31(15(3)4,16(5)6)29-13-19(30-18-9-7-17(22)8-10-18)11-25-12-20(26(27)28)24-21(25)23/h7-10,12,14-16,19H,11,13H2,1-6H3/t19-/m0/s1. The first kappa shape index (κ1) is 26.0. The molecule has 2 rings (SSSR count).